The Hall–Kier alpha value is -0.0800. The normalized spacial score (nSPS) is 30.0. The van der Waals surface area contributed by atoms with Crippen molar-refractivity contribution in [3.05, 3.63) is 0 Å². The first-order chi connectivity index (χ1) is 6.16. The molecule has 1 rings (SSSR count). The van der Waals surface area contributed by atoms with Crippen molar-refractivity contribution in [2.24, 2.45) is 5.92 Å². The van der Waals surface area contributed by atoms with Crippen LogP contribution in [0.2, 0.25) is 0 Å². The molecule has 3 unspecified atom stereocenters. The van der Waals surface area contributed by atoms with Gasteiger partial charge >= 0.3 is 0 Å². The molecule has 1 aliphatic heterocycles. The molecule has 0 aromatic rings. The first-order valence-electron chi connectivity index (χ1n) is 5.63. The van der Waals surface area contributed by atoms with Crippen LogP contribution < -0.4 is 5.32 Å². The van der Waals surface area contributed by atoms with Gasteiger partial charge in [0.1, 0.15) is 0 Å². The van der Waals surface area contributed by atoms with Crippen LogP contribution in [0.5, 0.6) is 0 Å². The Balaban J connectivity index is 2.47. The maximum Gasteiger partial charge on any atom is 0.0195 e. The third-order valence-electron chi connectivity index (χ3n) is 3.54. The van der Waals surface area contributed by atoms with Crippen molar-refractivity contribution in [3.8, 4) is 0 Å². The van der Waals surface area contributed by atoms with Crippen LogP contribution in [-0.4, -0.2) is 36.6 Å². The van der Waals surface area contributed by atoms with Gasteiger partial charge in [0.25, 0.3) is 0 Å². The van der Waals surface area contributed by atoms with Gasteiger partial charge in [-0.25, -0.2) is 0 Å². The number of piperazine rings is 1. The summed E-state index contributed by atoms with van der Waals surface area (Å²) < 4.78 is 0. The standard InChI is InChI=1S/C11H24N2/c1-5-9(2)11(4)13-7-6-12-8-10(13)3/h9-12H,5-8H2,1-4H3. The Kier molecular flexibility index (Phi) is 4.20. The quantitative estimate of drug-likeness (QED) is 0.718. The van der Waals surface area contributed by atoms with E-state index in [-0.39, 0.29) is 0 Å². The largest absolute Gasteiger partial charge is 0.314 e. The summed E-state index contributed by atoms with van der Waals surface area (Å²) in [5, 5.41) is 3.43. The third kappa shape index (κ3) is 2.68. The zero-order valence-electron chi connectivity index (χ0n) is 9.51. The fourth-order valence-electron chi connectivity index (χ4n) is 2.13. The molecule has 2 heteroatoms. The summed E-state index contributed by atoms with van der Waals surface area (Å²) in [5.74, 6) is 0.820. The Morgan fingerprint density at radius 3 is 2.69 bits per heavy atom. The van der Waals surface area contributed by atoms with Gasteiger partial charge in [0.15, 0.2) is 0 Å². The number of nitrogens with zero attached hydrogens (tertiary/aromatic N) is 1. The van der Waals surface area contributed by atoms with Crippen molar-refractivity contribution in [1.82, 2.24) is 10.2 Å². The highest BCUT2D eigenvalue weighted by Crippen LogP contribution is 2.17. The Morgan fingerprint density at radius 2 is 2.15 bits per heavy atom. The predicted octanol–water partition coefficient (Wildman–Crippen LogP) is 1.71. The molecular formula is C11H24N2. The summed E-state index contributed by atoms with van der Waals surface area (Å²) in [6.07, 6.45) is 1.29. The highest BCUT2D eigenvalue weighted by atomic mass is 15.2. The number of hydrogen-bond donors (Lipinski definition) is 1. The molecule has 0 aliphatic carbocycles. The molecule has 3 atom stereocenters. The summed E-state index contributed by atoms with van der Waals surface area (Å²) in [6.45, 7) is 12.9. The maximum absolute atomic E-state index is 3.43. The van der Waals surface area contributed by atoms with Crippen LogP contribution >= 0.6 is 0 Å². The van der Waals surface area contributed by atoms with Crippen LogP contribution in [0, 0.1) is 5.92 Å². The Bertz CT molecular complexity index is 147. The molecule has 78 valence electrons. The lowest BCUT2D eigenvalue weighted by Gasteiger charge is -2.40. The average molecular weight is 184 g/mol. The van der Waals surface area contributed by atoms with E-state index in [9.17, 15) is 0 Å². The van der Waals surface area contributed by atoms with Crippen LogP contribution in [0.1, 0.15) is 34.1 Å². The molecule has 0 aromatic carbocycles. The third-order valence-corrected chi connectivity index (χ3v) is 3.54. The first-order valence-corrected chi connectivity index (χ1v) is 5.63. The Morgan fingerprint density at radius 1 is 1.46 bits per heavy atom. The number of rotatable bonds is 3. The minimum absolute atomic E-state index is 0.706. The van der Waals surface area contributed by atoms with Gasteiger partial charge in [-0.05, 0) is 19.8 Å². The van der Waals surface area contributed by atoms with E-state index in [2.05, 4.69) is 37.9 Å². The van der Waals surface area contributed by atoms with Crippen LogP contribution in [0.3, 0.4) is 0 Å². The first kappa shape index (κ1) is 11.0. The topological polar surface area (TPSA) is 15.3 Å². The van der Waals surface area contributed by atoms with Crippen LogP contribution in [-0.2, 0) is 0 Å². The van der Waals surface area contributed by atoms with Gasteiger partial charge in [0.2, 0.25) is 0 Å². The highest BCUT2D eigenvalue weighted by Gasteiger charge is 2.25. The van der Waals surface area contributed by atoms with Crippen LogP contribution in [0.15, 0.2) is 0 Å². The van der Waals surface area contributed by atoms with Crippen molar-refractivity contribution in [2.45, 2.75) is 46.2 Å². The van der Waals surface area contributed by atoms with E-state index in [4.69, 9.17) is 0 Å². The van der Waals surface area contributed by atoms with E-state index in [0.717, 1.165) is 25.0 Å². The van der Waals surface area contributed by atoms with Gasteiger partial charge in [-0.1, -0.05) is 20.3 Å². The minimum atomic E-state index is 0.706. The molecule has 1 fully saturated rings. The summed E-state index contributed by atoms with van der Waals surface area (Å²) >= 11 is 0. The molecule has 1 heterocycles. The molecule has 0 amide bonds. The molecule has 0 radical (unpaired) electrons. The lowest BCUT2D eigenvalue weighted by atomic mass is 9.97. The smallest absolute Gasteiger partial charge is 0.0195 e. The van der Waals surface area contributed by atoms with E-state index >= 15 is 0 Å². The minimum Gasteiger partial charge on any atom is -0.314 e. The van der Waals surface area contributed by atoms with E-state index in [1.807, 2.05) is 0 Å². The summed E-state index contributed by atoms with van der Waals surface area (Å²) in [6, 6.07) is 1.44. The monoisotopic (exact) mass is 184 g/mol. The molecule has 0 bridgehead atoms. The predicted molar refractivity (Wildman–Crippen MR) is 58.0 cm³/mol. The van der Waals surface area contributed by atoms with Gasteiger partial charge < -0.3 is 5.32 Å². The second-order valence-corrected chi connectivity index (χ2v) is 4.42. The number of hydrogen-bond acceptors (Lipinski definition) is 2. The van der Waals surface area contributed by atoms with Crippen molar-refractivity contribution >= 4 is 0 Å². The molecule has 0 saturated carbocycles. The molecular weight excluding hydrogens is 160 g/mol. The molecule has 0 spiro atoms. The van der Waals surface area contributed by atoms with E-state index in [1.165, 1.54) is 13.0 Å². The van der Waals surface area contributed by atoms with Crippen molar-refractivity contribution in [2.75, 3.05) is 19.6 Å². The fraction of sp³-hybridized carbons (Fsp3) is 1.00. The molecule has 1 saturated heterocycles. The van der Waals surface area contributed by atoms with Gasteiger partial charge in [0.05, 0.1) is 0 Å². The SMILES string of the molecule is CCC(C)C(C)N1CCNCC1C. The van der Waals surface area contributed by atoms with Crippen LogP contribution in [0.25, 0.3) is 0 Å². The lowest BCUT2D eigenvalue weighted by Crippen LogP contribution is -2.54. The second kappa shape index (κ2) is 4.97. The highest BCUT2D eigenvalue weighted by molar-refractivity contribution is 4.82. The average Bonchev–Trinajstić information content (AvgIpc) is 2.16. The van der Waals surface area contributed by atoms with E-state index < -0.39 is 0 Å². The van der Waals surface area contributed by atoms with Gasteiger partial charge in [-0.2, -0.15) is 0 Å². The fourth-order valence-corrected chi connectivity index (χ4v) is 2.13. The summed E-state index contributed by atoms with van der Waals surface area (Å²) in [7, 11) is 0. The second-order valence-electron chi connectivity index (χ2n) is 4.42. The molecule has 0 aromatic heterocycles. The van der Waals surface area contributed by atoms with E-state index in [1.54, 1.807) is 0 Å². The zero-order valence-corrected chi connectivity index (χ0v) is 9.51. The molecule has 1 aliphatic rings. The van der Waals surface area contributed by atoms with Gasteiger partial charge in [0, 0.05) is 31.7 Å². The van der Waals surface area contributed by atoms with Crippen LogP contribution in [0.4, 0.5) is 0 Å². The van der Waals surface area contributed by atoms with Crippen molar-refractivity contribution in [3.63, 3.8) is 0 Å². The zero-order chi connectivity index (χ0) is 9.84. The maximum atomic E-state index is 3.43. The van der Waals surface area contributed by atoms with Gasteiger partial charge in [-0.3, -0.25) is 4.90 Å². The molecule has 2 nitrogen and oxygen atoms in total. The molecule has 1 N–H and O–H groups in total. The van der Waals surface area contributed by atoms with Gasteiger partial charge in [-0.15, -0.1) is 0 Å². The Labute approximate surface area is 82.7 Å². The lowest BCUT2D eigenvalue weighted by molar-refractivity contribution is 0.0926. The van der Waals surface area contributed by atoms with E-state index in [0.29, 0.717) is 6.04 Å². The summed E-state index contributed by atoms with van der Waals surface area (Å²) in [5.41, 5.74) is 0. The van der Waals surface area contributed by atoms with Crippen molar-refractivity contribution in [1.29, 1.82) is 0 Å². The molecule has 13 heavy (non-hydrogen) atoms. The summed E-state index contributed by atoms with van der Waals surface area (Å²) in [4.78, 5) is 2.64. The van der Waals surface area contributed by atoms with Crippen molar-refractivity contribution < 1.29 is 0 Å². The number of nitrogens with one attached hydrogen (secondary N) is 1.